The monoisotopic (exact) mass is 302 g/mol. The standard InChI is InChI=1S/C16H22N4S/c1-13-6-7-15(14(2)10-13)19-11-17-20(16(19)21)12-18-8-4-3-5-9-18/h6-7,10-11H,3-5,8-9,12H2,1-2H3. The van der Waals surface area contributed by atoms with Crippen LogP contribution >= 0.6 is 12.2 Å². The maximum atomic E-state index is 5.61. The molecule has 5 heteroatoms. The summed E-state index contributed by atoms with van der Waals surface area (Å²) in [5.74, 6) is 0. The van der Waals surface area contributed by atoms with Crippen LogP contribution in [-0.2, 0) is 6.67 Å². The Morgan fingerprint density at radius 2 is 1.90 bits per heavy atom. The molecule has 1 saturated heterocycles. The number of piperidine rings is 1. The molecule has 4 nitrogen and oxygen atoms in total. The molecule has 0 aliphatic carbocycles. The largest absolute Gasteiger partial charge is 0.284 e. The molecule has 2 aromatic rings. The first-order valence-electron chi connectivity index (χ1n) is 7.59. The zero-order chi connectivity index (χ0) is 14.8. The van der Waals surface area contributed by atoms with Gasteiger partial charge >= 0.3 is 0 Å². The van der Waals surface area contributed by atoms with Gasteiger partial charge in [0.25, 0.3) is 0 Å². The number of benzene rings is 1. The Hall–Kier alpha value is -1.46. The van der Waals surface area contributed by atoms with E-state index in [2.05, 4.69) is 42.0 Å². The Kier molecular flexibility index (Phi) is 4.22. The van der Waals surface area contributed by atoms with Gasteiger partial charge in [-0.05, 0) is 63.6 Å². The Morgan fingerprint density at radius 3 is 2.62 bits per heavy atom. The molecule has 21 heavy (non-hydrogen) atoms. The first-order chi connectivity index (χ1) is 10.1. The fraction of sp³-hybridized carbons (Fsp3) is 0.500. The first-order valence-corrected chi connectivity index (χ1v) is 8.00. The molecule has 1 fully saturated rings. The van der Waals surface area contributed by atoms with E-state index in [1.165, 1.54) is 30.4 Å². The van der Waals surface area contributed by atoms with Crippen LogP contribution in [0, 0.1) is 18.6 Å². The molecule has 1 aliphatic rings. The van der Waals surface area contributed by atoms with Gasteiger partial charge in [0.2, 0.25) is 4.77 Å². The van der Waals surface area contributed by atoms with E-state index < -0.39 is 0 Å². The summed E-state index contributed by atoms with van der Waals surface area (Å²) >= 11 is 5.61. The number of hydrogen-bond donors (Lipinski definition) is 0. The minimum atomic E-state index is 0.771. The van der Waals surface area contributed by atoms with Crippen LogP contribution < -0.4 is 0 Å². The van der Waals surface area contributed by atoms with Gasteiger partial charge in [0, 0.05) is 0 Å². The van der Waals surface area contributed by atoms with E-state index >= 15 is 0 Å². The van der Waals surface area contributed by atoms with Gasteiger partial charge in [-0.1, -0.05) is 24.1 Å². The Labute approximate surface area is 131 Å². The van der Waals surface area contributed by atoms with Crippen LogP contribution in [0.2, 0.25) is 0 Å². The van der Waals surface area contributed by atoms with Crippen LogP contribution in [-0.4, -0.2) is 32.3 Å². The highest BCUT2D eigenvalue weighted by Gasteiger charge is 2.13. The highest BCUT2D eigenvalue weighted by Crippen LogP contribution is 2.16. The summed E-state index contributed by atoms with van der Waals surface area (Å²) in [5.41, 5.74) is 3.61. The lowest BCUT2D eigenvalue weighted by molar-refractivity contribution is 0.172. The van der Waals surface area contributed by atoms with Crippen LogP contribution in [0.5, 0.6) is 0 Å². The second-order valence-electron chi connectivity index (χ2n) is 5.89. The van der Waals surface area contributed by atoms with Crippen molar-refractivity contribution in [2.45, 2.75) is 39.8 Å². The SMILES string of the molecule is Cc1ccc(-n2cnn(CN3CCCCC3)c2=S)c(C)c1. The van der Waals surface area contributed by atoms with Gasteiger partial charge in [0.05, 0.1) is 12.4 Å². The summed E-state index contributed by atoms with van der Waals surface area (Å²) in [6.45, 7) is 7.33. The molecule has 0 spiro atoms. The third kappa shape index (κ3) is 3.09. The van der Waals surface area contributed by atoms with Gasteiger partial charge in [-0.15, -0.1) is 0 Å². The highest BCUT2D eigenvalue weighted by molar-refractivity contribution is 7.71. The molecule has 0 amide bonds. The van der Waals surface area contributed by atoms with Gasteiger partial charge in [0.15, 0.2) is 0 Å². The number of likely N-dealkylation sites (tertiary alicyclic amines) is 1. The zero-order valence-electron chi connectivity index (χ0n) is 12.7. The fourth-order valence-electron chi connectivity index (χ4n) is 2.97. The maximum absolute atomic E-state index is 5.61. The summed E-state index contributed by atoms with van der Waals surface area (Å²) < 4.78 is 4.71. The average molecular weight is 302 g/mol. The maximum Gasteiger partial charge on any atom is 0.203 e. The summed E-state index contributed by atoms with van der Waals surface area (Å²) in [5, 5.41) is 4.48. The summed E-state index contributed by atoms with van der Waals surface area (Å²) in [6.07, 6.45) is 5.75. The summed E-state index contributed by atoms with van der Waals surface area (Å²) in [4.78, 5) is 2.43. The number of rotatable bonds is 3. The van der Waals surface area contributed by atoms with E-state index in [0.717, 1.165) is 30.2 Å². The molecule has 3 rings (SSSR count). The summed E-state index contributed by atoms with van der Waals surface area (Å²) in [7, 11) is 0. The van der Waals surface area contributed by atoms with Gasteiger partial charge in [0.1, 0.15) is 6.33 Å². The van der Waals surface area contributed by atoms with Crippen molar-refractivity contribution < 1.29 is 0 Å². The van der Waals surface area contributed by atoms with E-state index in [1.54, 1.807) is 0 Å². The van der Waals surface area contributed by atoms with Crippen molar-refractivity contribution in [1.29, 1.82) is 0 Å². The molecule has 2 heterocycles. The third-order valence-electron chi connectivity index (χ3n) is 4.13. The molecule has 1 aromatic heterocycles. The molecule has 0 saturated carbocycles. The average Bonchev–Trinajstić information content (AvgIpc) is 2.82. The first kappa shape index (κ1) is 14.5. The predicted molar refractivity (Wildman–Crippen MR) is 87.3 cm³/mol. The third-order valence-corrected chi connectivity index (χ3v) is 4.54. The van der Waals surface area contributed by atoms with Gasteiger partial charge in [-0.2, -0.15) is 5.10 Å². The van der Waals surface area contributed by atoms with Crippen molar-refractivity contribution in [3.05, 3.63) is 40.4 Å². The lowest BCUT2D eigenvalue weighted by atomic mass is 10.1. The second kappa shape index (κ2) is 6.12. The van der Waals surface area contributed by atoms with Crippen molar-refractivity contribution >= 4 is 12.2 Å². The minimum Gasteiger partial charge on any atom is -0.284 e. The van der Waals surface area contributed by atoms with Gasteiger partial charge in [-0.3, -0.25) is 9.47 Å². The van der Waals surface area contributed by atoms with E-state index in [4.69, 9.17) is 12.2 Å². The van der Waals surface area contributed by atoms with Crippen molar-refractivity contribution in [3.8, 4) is 5.69 Å². The van der Waals surface area contributed by atoms with Crippen LogP contribution in [0.3, 0.4) is 0 Å². The van der Waals surface area contributed by atoms with E-state index in [1.807, 2.05) is 15.6 Å². The van der Waals surface area contributed by atoms with E-state index in [9.17, 15) is 0 Å². The number of aromatic nitrogens is 3. The quantitative estimate of drug-likeness (QED) is 0.812. The second-order valence-corrected chi connectivity index (χ2v) is 6.26. The van der Waals surface area contributed by atoms with Crippen LogP contribution in [0.4, 0.5) is 0 Å². The van der Waals surface area contributed by atoms with Crippen molar-refractivity contribution in [3.63, 3.8) is 0 Å². The number of hydrogen-bond acceptors (Lipinski definition) is 3. The smallest absolute Gasteiger partial charge is 0.203 e. The molecule has 1 aliphatic heterocycles. The lowest BCUT2D eigenvalue weighted by Crippen LogP contribution is -2.32. The lowest BCUT2D eigenvalue weighted by Gasteiger charge is -2.25. The predicted octanol–water partition coefficient (Wildman–Crippen LogP) is 3.46. The van der Waals surface area contributed by atoms with Crippen LogP contribution in [0.25, 0.3) is 5.69 Å². The molecule has 0 atom stereocenters. The Balaban J connectivity index is 1.86. The van der Waals surface area contributed by atoms with Gasteiger partial charge in [-0.25, -0.2) is 4.68 Å². The molecule has 0 radical (unpaired) electrons. The molecule has 0 N–H and O–H groups in total. The molecule has 0 bridgehead atoms. The van der Waals surface area contributed by atoms with Gasteiger partial charge < -0.3 is 0 Å². The molecule has 1 aromatic carbocycles. The van der Waals surface area contributed by atoms with Crippen LogP contribution in [0.1, 0.15) is 30.4 Å². The zero-order valence-corrected chi connectivity index (χ0v) is 13.6. The molecule has 112 valence electrons. The molecular weight excluding hydrogens is 280 g/mol. The number of aryl methyl sites for hydroxylation is 2. The van der Waals surface area contributed by atoms with E-state index in [-0.39, 0.29) is 0 Å². The van der Waals surface area contributed by atoms with E-state index in [0.29, 0.717) is 0 Å². The van der Waals surface area contributed by atoms with Crippen LogP contribution in [0.15, 0.2) is 24.5 Å². The molecule has 0 unspecified atom stereocenters. The minimum absolute atomic E-state index is 0.771. The summed E-state index contributed by atoms with van der Waals surface area (Å²) in [6, 6.07) is 6.42. The Bertz CT molecular complexity index is 680. The fourth-order valence-corrected chi connectivity index (χ4v) is 3.22. The van der Waals surface area contributed by atoms with Crippen molar-refractivity contribution in [1.82, 2.24) is 19.2 Å². The van der Waals surface area contributed by atoms with Crippen molar-refractivity contribution in [2.75, 3.05) is 13.1 Å². The highest BCUT2D eigenvalue weighted by atomic mass is 32.1. The number of nitrogens with zero attached hydrogens (tertiary/aromatic N) is 4. The topological polar surface area (TPSA) is 26.0 Å². The normalized spacial score (nSPS) is 16.3. The van der Waals surface area contributed by atoms with Crippen molar-refractivity contribution in [2.24, 2.45) is 0 Å². The molecular formula is C16H22N4S. The Morgan fingerprint density at radius 1 is 1.14 bits per heavy atom.